The lowest BCUT2D eigenvalue weighted by Gasteiger charge is -2.19. The first-order chi connectivity index (χ1) is 10.1. The molecule has 21 heavy (non-hydrogen) atoms. The average Bonchev–Trinajstić information content (AvgIpc) is 3.01. The van der Waals surface area contributed by atoms with Crippen LogP contribution in [0.15, 0.2) is 24.3 Å². The standard InChI is InChI=1S/C16H21N3OS/c1-16(2)10-13(11-6-4-5-7-12(11)16)17-15-18-14(19-21-15)8-9-20-3/h4-7,13H,8-10H2,1-3H3,(H,17,18,19). The zero-order valence-corrected chi connectivity index (χ0v) is 13.5. The Morgan fingerprint density at radius 3 is 3.00 bits per heavy atom. The van der Waals surface area contributed by atoms with Gasteiger partial charge in [0, 0.05) is 25.1 Å². The molecule has 1 aromatic heterocycles. The van der Waals surface area contributed by atoms with E-state index >= 15 is 0 Å². The second-order valence-corrected chi connectivity index (χ2v) is 6.88. The van der Waals surface area contributed by atoms with Crippen molar-refractivity contribution in [2.24, 2.45) is 0 Å². The Labute approximate surface area is 129 Å². The fraction of sp³-hybridized carbons (Fsp3) is 0.500. The van der Waals surface area contributed by atoms with Crippen molar-refractivity contribution in [3.63, 3.8) is 0 Å². The van der Waals surface area contributed by atoms with Crippen molar-refractivity contribution >= 4 is 16.7 Å². The monoisotopic (exact) mass is 303 g/mol. The first kappa shape index (κ1) is 14.5. The Kier molecular flexibility index (Phi) is 3.95. The number of methoxy groups -OCH3 is 1. The predicted molar refractivity (Wildman–Crippen MR) is 85.9 cm³/mol. The van der Waals surface area contributed by atoms with E-state index in [0.717, 1.165) is 23.8 Å². The number of aromatic nitrogens is 2. The summed E-state index contributed by atoms with van der Waals surface area (Å²) in [5.41, 5.74) is 3.03. The first-order valence-electron chi connectivity index (χ1n) is 7.27. The minimum absolute atomic E-state index is 0.206. The molecule has 1 heterocycles. The van der Waals surface area contributed by atoms with Gasteiger partial charge in [-0.2, -0.15) is 4.37 Å². The summed E-state index contributed by atoms with van der Waals surface area (Å²) in [7, 11) is 1.70. The molecule has 0 fully saturated rings. The molecule has 4 nitrogen and oxygen atoms in total. The van der Waals surface area contributed by atoms with Crippen molar-refractivity contribution in [3.8, 4) is 0 Å². The van der Waals surface area contributed by atoms with Gasteiger partial charge in [0.2, 0.25) is 5.13 Å². The highest BCUT2D eigenvalue weighted by molar-refractivity contribution is 7.09. The molecule has 0 saturated carbocycles. The Morgan fingerprint density at radius 1 is 1.38 bits per heavy atom. The third kappa shape index (κ3) is 2.94. The minimum Gasteiger partial charge on any atom is -0.384 e. The van der Waals surface area contributed by atoms with Gasteiger partial charge in [0.15, 0.2) is 0 Å². The van der Waals surface area contributed by atoms with E-state index in [9.17, 15) is 0 Å². The van der Waals surface area contributed by atoms with Crippen molar-refractivity contribution in [2.45, 2.75) is 38.1 Å². The molecular formula is C16H21N3OS. The number of nitrogens with one attached hydrogen (secondary N) is 1. The van der Waals surface area contributed by atoms with Crippen LogP contribution >= 0.6 is 11.5 Å². The van der Waals surface area contributed by atoms with Crippen LogP contribution in [0.3, 0.4) is 0 Å². The van der Waals surface area contributed by atoms with Gasteiger partial charge in [-0.1, -0.05) is 38.1 Å². The topological polar surface area (TPSA) is 47.0 Å². The van der Waals surface area contributed by atoms with Crippen LogP contribution in [0.1, 0.15) is 43.3 Å². The molecule has 0 amide bonds. The third-order valence-corrected chi connectivity index (χ3v) is 4.76. The maximum Gasteiger partial charge on any atom is 0.203 e. The van der Waals surface area contributed by atoms with Gasteiger partial charge in [0.25, 0.3) is 0 Å². The lowest BCUT2D eigenvalue weighted by molar-refractivity contribution is 0.201. The molecule has 112 valence electrons. The van der Waals surface area contributed by atoms with Crippen LogP contribution in [0, 0.1) is 0 Å². The summed E-state index contributed by atoms with van der Waals surface area (Å²) in [6.45, 7) is 5.27. The summed E-state index contributed by atoms with van der Waals surface area (Å²) in [4.78, 5) is 4.55. The second-order valence-electron chi connectivity index (χ2n) is 6.13. The molecular weight excluding hydrogens is 282 g/mol. The van der Waals surface area contributed by atoms with Crippen LogP contribution in [0.5, 0.6) is 0 Å². The maximum atomic E-state index is 5.07. The molecule has 0 radical (unpaired) electrons. The zero-order chi connectivity index (χ0) is 14.9. The second kappa shape index (κ2) is 5.73. The minimum atomic E-state index is 0.206. The molecule has 3 rings (SSSR count). The first-order valence-corrected chi connectivity index (χ1v) is 8.05. The van der Waals surface area contributed by atoms with Gasteiger partial charge in [-0.25, -0.2) is 4.98 Å². The molecule has 5 heteroatoms. The third-order valence-electron chi connectivity index (χ3n) is 4.08. The van der Waals surface area contributed by atoms with Crippen molar-refractivity contribution in [1.82, 2.24) is 9.36 Å². The Morgan fingerprint density at radius 2 is 2.19 bits per heavy atom. The molecule has 0 saturated heterocycles. The lowest BCUT2D eigenvalue weighted by Crippen LogP contribution is -2.14. The summed E-state index contributed by atoms with van der Waals surface area (Å²) in [6.07, 6.45) is 1.85. The quantitative estimate of drug-likeness (QED) is 0.917. The van der Waals surface area contributed by atoms with E-state index in [-0.39, 0.29) is 5.41 Å². The van der Waals surface area contributed by atoms with E-state index in [4.69, 9.17) is 4.74 Å². The largest absolute Gasteiger partial charge is 0.384 e. The Bertz CT molecular complexity index is 623. The number of fused-ring (bicyclic) bond motifs is 1. The Hall–Kier alpha value is -1.46. The molecule has 0 bridgehead atoms. The molecule has 0 spiro atoms. The van der Waals surface area contributed by atoms with E-state index in [0.29, 0.717) is 12.6 Å². The summed E-state index contributed by atoms with van der Waals surface area (Å²) in [6, 6.07) is 9.00. The maximum absolute atomic E-state index is 5.07. The highest BCUT2D eigenvalue weighted by Crippen LogP contribution is 2.45. The van der Waals surface area contributed by atoms with E-state index in [2.05, 4.69) is 52.8 Å². The van der Waals surface area contributed by atoms with Crippen LogP contribution in [-0.4, -0.2) is 23.1 Å². The zero-order valence-electron chi connectivity index (χ0n) is 12.7. The average molecular weight is 303 g/mol. The van der Waals surface area contributed by atoms with Crippen LogP contribution < -0.4 is 5.32 Å². The predicted octanol–water partition coefficient (Wildman–Crippen LogP) is 3.56. The molecule has 0 aliphatic heterocycles. The van der Waals surface area contributed by atoms with Gasteiger partial charge in [0.1, 0.15) is 5.82 Å². The highest BCUT2D eigenvalue weighted by Gasteiger charge is 2.36. The van der Waals surface area contributed by atoms with Crippen LogP contribution in [0.4, 0.5) is 5.13 Å². The fourth-order valence-corrected chi connectivity index (χ4v) is 3.70. The number of nitrogens with zero attached hydrogens (tertiary/aromatic N) is 2. The number of rotatable bonds is 5. The molecule has 1 aliphatic carbocycles. The summed E-state index contributed by atoms with van der Waals surface area (Å²) < 4.78 is 9.44. The molecule has 1 N–H and O–H groups in total. The summed E-state index contributed by atoms with van der Waals surface area (Å²) in [5, 5.41) is 4.46. The van der Waals surface area contributed by atoms with Gasteiger partial charge >= 0.3 is 0 Å². The van der Waals surface area contributed by atoms with Crippen LogP contribution in [0.25, 0.3) is 0 Å². The summed E-state index contributed by atoms with van der Waals surface area (Å²) in [5.74, 6) is 0.856. The van der Waals surface area contributed by atoms with Gasteiger partial charge in [0.05, 0.1) is 12.6 Å². The number of benzene rings is 1. The molecule has 1 unspecified atom stereocenters. The number of hydrogen-bond acceptors (Lipinski definition) is 5. The molecule has 1 atom stereocenters. The normalized spacial score (nSPS) is 19.5. The molecule has 2 aromatic rings. The van der Waals surface area contributed by atoms with Crippen molar-refractivity contribution in [2.75, 3.05) is 19.0 Å². The van der Waals surface area contributed by atoms with E-state index in [1.165, 1.54) is 22.7 Å². The number of ether oxygens (including phenoxy) is 1. The number of hydrogen-bond donors (Lipinski definition) is 1. The highest BCUT2D eigenvalue weighted by atomic mass is 32.1. The van der Waals surface area contributed by atoms with Gasteiger partial charge in [-0.05, 0) is 23.0 Å². The van der Waals surface area contributed by atoms with Crippen molar-refractivity contribution in [3.05, 3.63) is 41.2 Å². The van der Waals surface area contributed by atoms with E-state index in [1.807, 2.05) is 0 Å². The number of anilines is 1. The fourth-order valence-electron chi connectivity index (χ4n) is 3.03. The van der Waals surface area contributed by atoms with Crippen molar-refractivity contribution in [1.29, 1.82) is 0 Å². The Balaban J connectivity index is 1.76. The van der Waals surface area contributed by atoms with Gasteiger partial charge in [-0.15, -0.1) is 0 Å². The smallest absolute Gasteiger partial charge is 0.203 e. The van der Waals surface area contributed by atoms with Crippen molar-refractivity contribution < 1.29 is 4.74 Å². The summed E-state index contributed by atoms with van der Waals surface area (Å²) >= 11 is 1.43. The molecule has 1 aliphatic rings. The van der Waals surface area contributed by atoms with Crippen LogP contribution in [-0.2, 0) is 16.6 Å². The van der Waals surface area contributed by atoms with Gasteiger partial charge in [-0.3, -0.25) is 0 Å². The van der Waals surface area contributed by atoms with Crippen LogP contribution in [0.2, 0.25) is 0 Å². The molecule has 1 aromatic carbocycles. The van der Waals surface area contributed by atoms with E-state index < -0.39 is 0 Å². The lowest BCUT2D eigenvalue weighted by atomic mass is 9.86. The van der Waals surface area contributed by atoms with E-state index in [1.54, 1.807) is 7.11 Å². The SMILES string of the molecule is COCCc1nsc(NC2CC(C)(C)c3ccccc32)n1. The van der Waals surface area contributed by atoms with Gasteiger partial charge < -0.3 is 10.1 Å².